The zero-order valence-electron chi connectivity index (χ0n) is 14.6. The highest BCUT2D eigenvalue weighted by atomic mass is 19.3. The number of carbonyl (C=O) groups is 2. The molecule has 3 rings (SSSR count). The van der Waals surface area contributed by atoms with Gasteiger partial charge in [0, 0.05) is 44.0 Å². The smallest absolute Gasteiger partial charge is 0.331 e. The van der Waals surface area contributed by atoms with Crippen molar-refractivity contribution in [3.63, 3.8) is 0 Å². The van der Waals surface area contributed by atoms with Crippen LogP contribution in [0.1, 0.15) is 45.7 Å². The summed E-state index contributed by atoms with van der Waals surface area (Å²) < 4.78 is 27.7. The van der Waals surface area contributed by atoms with E-state index in [1.807, 2.05) is 20.8 Å². The fraction of sp³-hybridized carbons (Fsp3) is 0.706. The molecule has 1 aliphatic heterocycles. The summed E-state index contributed by atoms with van der Waals surface area (Å²) >= 11 is 0. The van der Waals surface area contributed by atoms with Crippen molar-refractivity contribution in [1.82, 2.24) is 14.7 Å². The van der Waals surface area contributed by atoms with Crippen LogP contribution < -0.4 is 0 Å². The standard InChI is InChI=1S/C17H23F2N3O3/c1-15(2,3)12-4-7-22(20-12)16(14(24)25)5-8-21(9-6-16)13(23)11-10-17(11,18)19/h4,7,11H,5-6,8-10H2,1-3H3,(H,24,25)/t11-/m1/s1. The minimum absolute atomic E-state index is 0.141. The second-order valence-corrected chi connectivity index (χ2v) is 8.08. The Kier molecular flexibility index (Phi) is 3.92. The largest absolute Gasteiger partial charge is 0.479 e. The fourth-order valence-corrected chi connectivity index (χ4v) is 3.30. The molecule has 2 fully saturated rings. The van der Waals surface area contributed by atoms with Gasteiger partial charge in [-0.25, -0.2) is 13.6 Å². The van der Waals surface area contributed by atoms with Gasteiger partial charge in [0.25, 0.3) is 5.92 Å². The number of likely N-dealkylation sites (tertiary alicyclic amines) is 1. The number of amides is 1. The molecule has 2 aliphatic rings. The number of carbonyl (C=O) groups excluding carboxylic acids is 1. The molecule has 0 aromatic carbocycles. The molecule has 0 spiro atoms. The molecule has 1 aromatic rings. The average molecular weight is 355 g/mol. The molecule has 0 bridgehead atoms. The van der Waals surface area contributed by atoms with E-state index in [0.717, 1.165) is 5.69 Å². The van der Waals surface area contributed by atoms with Crippen LogP contribution in [0.2, 0.25) is 0 Å². The van der Waals surface area contributed by atoms with E-state index >= 15 is 0 Å². The van der Waals surface area contributed by atoms with Crippen LogP contribution in [0.4, 0.5) is 8.78 Å². The van der Waals surface area contributed by atoms with E-state index in [4.69, 9.17) is 0 Å². The van der Waals surface area contributed by atoms with Crippen LogP contribution in [0.15, 0.2) is 12.3 Å². The number of piperidine rings is 1. The molecular weight excluding hydrogens is 332 g/mol. The average Bonchev–Trinajstić information content (AvgIpc) is 2.95. The van der Waals surface area contributed by atoms with Crippen LogP contribution in [0.3, 0.4) is 0 Å². The van der Waals surface area contributed by atoms with Gasteiger partial charge in [0.05, 0.1) is 5.69 Å². The second kappa shape index (κ2) is 5.51. The Hall–Kier alpha value is -1.99. The predicted molar refractivity (Wildman–Crippen MR) is 85.4 cm³/mol. The van der Waals surface area contributed by atoms with Crippen molar-refractivity contribution >= 4 is 11.9 Å². The van der Waals surface area contributed by atoms with E-state index in [1.54, 1.807) is 12.3 Å². The molecular formula is C17H23F2N3O3. The van der Waals surface area contributed by atoms with Crippen LogP contribution in [0, 0.1) is 5.92 Å². The number of rotatable bonds is 3. The Morgan fingerprint density at radius 2 is 1.84 bits per heavy atom. The third-order valence-corrected chi connectivity index (χ3v) is 5.22. The van der Waals surface area contributed by atoms with Crippen molar-refractivity contribution < 1.29 is 23.5 Å². The zero-order chi connectivity index (χ0) is 18.6. The molecule has 1 saturated heterocycles. The van der Waals surface area contributed by atoms with E-state index in [2.05, 4.69) is 5.10 Å². The summed E-state index contributed by atoms with van der Waals surface area (Å²) in [5.41, 5.74) is -0.671. The molecule has 1 saturated carbocycles. The number of aromatic nitrogens is 2. The lowest BCUT2D eigenvalue weighted by atomic mass is 9.87. The lowest BCUT2D eigenvalue weighted by Gasteiger charge is -2.39. The number of alkyl halides is 2. The van der Waals surface area contributed by atoms with Gasteiger partial charge in [0.2, 0.25) is 5.91 Å². The Labute approximate surface area is 144 Å². The van der Waals surface area contributed by atoms with E-state index in [9.17, 15) is 23.5 Å². The first kappa shape index (κ1) is 17.8. The van der Waals surface area contributed by atoms with Crippen molar-refractivity contribution in [2.45, 2.75) is 56.9 Å². The number of aliphatic carboxylic acids is 1. The predicted octanol–water partition coefficient (Wildman–Crippen LogP) is 2.24. The molecule has 1 N–H and O–H groups in total. The third kappa shape index (κ3) is 3.02. The summed E-state index contributed by atoms with van der Waals surface area (Å²) in [7, 11) is 0. The second-order valence-electron chi connectivity index (χ2n) is 8.08. The van der Waals surface area contributed by atoms with Gasteiger partial charge in [-0.05, 0) is 6.07 Å². The SMILES string of the molecule is CC(C)(C)c1ccn(C2(C(=O)O)CCN(C(=O)[C@H]3CC3(F)F)CC2)n1. The van der Waals surface area contributed by atoms with Gasteiger partial charge >= 0.3 is 5.97 Å². The van der Waals surface area contributed by atoms with Crippen molar-refractivity contribution in [3.8, 4) is 0 Å². The van der Waals surface area contributed by atoms with Gasteiger partial charge in [-0.3, -0.25) is 9.48 Å². The Morgan fingerprint density at radius 3 is 2.24 bits per heavy atom. The highest BCUT2D eigenvalue weighted by Gasteiger charge is 2.62. The number of hydrogen-bond donors (Lipinski definition) is 1. The number of hydrogen-bond acceptors (Lipinski definition) is 3. The number of nitrogens with zero attached hydrogens (tertiary/aromatic N) is 3. The summed E-state index contributed by atoms with van der Waals surface area (Å²) in [5, 5.41) is 14.3. The number of carboxylic acids is 1. The van der Waals surface area contributed by atoms with Crippen molar-refractivity contribution in [1.29, 1.82) is 0 Å². The third-order valence-electron chi connectivity index (χ3n) is 5.22. The van der Waals surface area contributed by atoms with Gasteiger partial charge in [0.1, 0.15) is 5.92 Å². The summed E-state index contributed by atoms with van der Waals surface area (Å²) in [5.74, 6) is -5.72. The van der Waals surface area contributed by atoms with E-state index in [0.29, 0.717) is 0 Å². The molecule has 1 aromatic heterocycles. The topological polar surface area (TPSA) is 75.4 Å². The van der Waals surface area contributed by atoms with Gasteiger partial charge in [-0.2, -0.15) is 5.10 Å². The van der Waals surface area contributed by atoms with E-state index in [1.165, 1.54) is 9.58 Å². The van der Waals surface area contributed by atoms with Crippen molar-refractivity contribution in [3.05, 3.63) is 18.0 Å². The normalized spacial score (nSPS) is 24.8. The van der Waals surface area contributed by atoms with Crippen LogP contribution in [0.25, 0.3) is 0 Å². The number of halogens is 2. The lowest BCUT2D eigenvalue weighted by molar-refractivity contribution is -0.154. The summed E-state index contributed by atoms with van der Waals surface area (Å²) in [4.78, 5) is 25.4. The highest BCUT2D eigenvalue weighted by Crippen LogP contribution is 2.50. The molecule has 6 nitrogen and oxygen atoms in total. The molecule has 8 heteroatoms. The summed E-state index contributed by atoms with van der Waals surface area (Å²) in [6.07, 6.45) is 1.55. The maximum absolute atomic E-state index is 13.1. The van der Waals surface area contributed by atoms with Crippen LogP contribution in [0.5, 0.6) is 0 Å². The summed E-state index contributed by atoms with van der Waals surface area (Å²) in [6, 6.07) is 1.80. The van der Waals surface area contributed by atoms with Crippen LogP contribution in [-0.4, -0.2) is 50.7 Å². The van der Waals surface area contributed by atoms with Crippen molar-refractivity contribution in [2.24, 2.45) is 5.92 Å². The molecule has 1 atom stereocenters. The quantitative estimate of drug-likeness (QED) is 0.902. The highest BCUT2D eigenvalue weighted by molar-refractivity contribution is 5.84. The first-order chi connectivity index (χ1) is 11.5. The first-order valence-corrected chi connectivity index (χ1v) is 8.44. The van der Waals surface area contributed by atoms with E-state index in [-0.39, 0.29) is 31.3 Å². The molecule has 138 valence electrons. The van der Waals surface area contributed by atoms with Crippen LogP contribution >= 0.6 is 0 Å². The molecule has 2 heterocycles. The molecule has 0 unspecified atom stereocenters. The number of carboxylic acid groups (broad SMARTS) is 1. The minimum atomic E-state index is -2.90. The zero-order valence-corrected chi connectivity index (χ0v) is 14.6. The fourth-order valence-electron chi connectivity index (χ4n) is 3.30. The molecule has 1 amide bonds. The van der Waals surface area contributed by atoms with Gasteiger partial charge in [-0.15, -0.1) is 0 Å². The lowest BCUT2D eigenvalue weighted by Crippen LogP contribution is -2.53. The monoisotopic (exact) mass is 355 g/mol. The molecule has 1 aliphatic carbocycles. The first-order valence-electron chi connectivity index (χ1n) is 8.44. The molecule has 25 heavy (non-hydrogen) atoms. The Balaban J connectivity index is 1.77. The Bertz CT molecular complexity index is 700. The minimum Gasteiger partial charge on any atom is -0.479 e. The van der Waals surface area contributed by atoms with Crippen LogP contribution in [-0.2, 0) is 20.5 Å². The molecule has 0 radical (unpaired) electrons. The van der Waals surface area contributed by atoms with Crippen molar-refractivity contribution in [2.75, 3.05) is 13.1 Å². The van der Waals surface area contributed by atoms with E-state index < -0.39 is 35.7 Å². The summed E-state index contributed by atoms with van der Waals surface area (Å²) in [6.45, 7) is 6.25. The maximum Gasteiger partial charge on any atom is 0.331 e. The Morgan fingerprint density at radius 1 is 1.28 bits per heavy atom. The maximum atomic E-state index is 13.1. The van der Waals surface area contributed by atoms with Gasteiger partial charge in [-0.1, -0.05) is 20.8 Å². The van der Waals surface area contributed by atoms with Gasteiger partial charge < -0.3 is 10.0 Å². The van der Waals surface area contributed by atoms with Gasteiger partial charge in [0.15, 0.2) is 5.54 Å².